The Bertz CT molecular complexity index is 1260. The minimum absolute atomic E-state index is 0.102. The molecule has 0 saturated carbocycles. The average molecular weight is 488 g/mol. The van der Waals surface area contributed by atoms with Crippen LogP contribution in [0.3, 0.4) is 0 Å². The summed E-state index contributed by atoms with van der Waals surface area (Å²) in [7, 11) is 0. The number of halogens is 1. The molecule has 2 amide bonds. The number of nitrogens with zero attached hydrogens (tertiary/aromatic N) is 1. The molecule has 0 bridgehead atoms. The van der Waals surface area contributed by atoms with Crippen LogP contribution in [-0.2, 0) is 33.7 Å². The molecule has 0 aliphatic heterocycles. The number of nitrogens with one attached hydrogen (secondary N) is 2. The molecule has 3 aromatic rings. The van der Waals surface area contributed by atoms with Crippen LogP contribution in [0.5, 0.6) is 0 Å². The third-order valence-corrected chi connectivity index (χ3v) is 7.49. The van der Waals surface area contributed by atoms with Gasteiger partial charge in [-0.15, -0.1) is 11.3 Å². The maximum Gasteiger partial charge on any atom is 0.357 e. The van der Waals surface area contributed by atoms with Crippen LogP contribution in [-0.4, -0.2) is 29.0 Å². The maximum absolute atomic E-state index is 13.1. The number of anilines is 2. The second kappa shape index (κ2) is 9.57. The monoisotopic (exact) mass is 487 g/mol. The number of carbonyl (C=O) groups excluding carboxylic acids is 3. The van der Waals surface area contributed by atoms with Gasteiger partial charge < -0.3 is 19.9 Å². The van der Waals surface area contributed by atoms with Crippen molar-refractivity contribution in [3.05, 3.63) is 44.9 Å². The van der Waals surface area contributed by atoms with E-state index < -0.39 is 5.97 Å². The zero-order valence-corrected chi connectivity index (χ0v) is 20.4. The fourth-order valence-corrected chi connectivity index (χ4v) is 5.87. The van der Waals surface area contributed by atoms with Crippen molar-refractivity contribution >= 4 is 62.3 Å². The number of aromatic nitrogens is 1. The molecule has 174 valence electrons. The van der Waals surface area contributed by atoms with Crippen molar-refractivity contribution in [2.75, 3.05) is 17.2 Å². The van der Waals surface area contributed by atoms with E-state index in [1.807, 2.05) is 6.92 Å². The second-order valence-electron chi connectivity index (χ2n) is 8.06. The summed E-state index contributed by atoms with van der Waals surface area (Å²) in [4.78, 5) is 40.2. The fraction of sp³-hybridized carbons (Fsp3) is 0.375. The SMILES string of the molecule is CCOC(=O)c1c(NC(C)=O)c2c3c(sc2n1CC(=O)Nc1cccc(Cl)c1C)CCCC3. The number of ether oxygens (including phenoxy) is 1. The smallest absolute Gasteiger partial charge is 0.357 e. The van der Waals surface area contributed by atoms with Gasteiger partial charge in [0.15, 0.2) is 5.69 Å². The number of hydrogen-bond acceptors (Lipinski definition) is 5. The third kappa shape index (κ3) is 4.50. The van der Waals surface area contributed by atoms with Gasteiger partial charge in [-0.25, -0.2) is 4.79 Å². The van der Waals surface area contributed by atoms with E-state index in [0.717, 1.165) is 47.0 Å². The largest absolute Gasteiger partial charge is 0.461 e. The topological polar surface area (TPSA) is 89.4 Å². The Labute approximate surface area is 201 Å². The Hall–Kier alpha value is -2.84. The van der Waals surface area contributed by atoms with Gasteiger partial charge in [0, 0.05) is 27.9 Å². The summed E-state index contributed by atoms with van der Waals surface area (Å²) >= 11 is 7.77. The Morgan fingerprint density at radius 1 is 1.18 bits per heavy atom. The van der Waals surface area contributed by atoms with Gasteiger partial charge in [-0.1, -0.05) is 17.7 Å². The lowest BCUT2D eigenvalue weighted by atomic mass is 9.96. The summed E-state index contributed by atoms with van der Waals surface area (Å²) < 4.78 is 6.99. The van der Waals surface area contributed by atoms with Crippen LogP contribution in [0.4, 0.5) is 11.4 Å². The minimum atomic E-state index is -0.569. The molecule has 0 spiro atoms. The molecule has 1 aliphatic carbocycles. The van der Waals surface area contributed by atoms with E-state index in [1.54, 1.807) is 41.0 Å². The molecule has 0 unspecified atom stereocenters. The van der Waals surface area contributed by atoms with E-state index in [-0.39, 0.29) is 30.7 Å². The predicted octanol–water partition coefficient (Wildman–Crippen LogP) is 5.32. The van der Waals surface area contributed by atoms with Gasteiger partial charge >= 0.3 is 5.97 Å². The molecule has 1 aromatic carbocycles. The van der Waals surface area contributed by atoms with Gasteiger partial charge in [0.1, 0.15) is 11.4 Å². The molecule has 33 heavy (non-hydrogen) atoms. The molecule has 0 fully saturated rings. The first-order valence-corrected chi connectivity index (χ1v) is 12.2. The van der Waals surface area contributed by atoms with Crippen LogP contribution >= 0.6 is 22.9 Å². The van der Waals surface area contributed by atoms with Crippen molar-refractivity contribution in [1.82, 2.24) is 4.57 Å². The molecule has 2 N–H and O–H groups in total. The highest BCUT2D eigenvalue weighted by Gasteiger charge is 2.31. The van der Waals surface area contributed by atoms with E-state index in [4.69, 9.17) is 16.3 Å². The van der Waals surface area contributed by atoms with Gasteiger partial charge in [-0.3, -0.25) is 9.59 Å². The number of fused-ring (bicyclic) bond motifs is 3. The molecule has 0 saturated heterocycles. The number of amides is 2. The lowest BCUT2D eigenvalue weighted by molar-refractivity contribution is -0.116. The Morgan fingerprint density at radius 3 is 2.67 bits per heavy atom. The van der Waals surface area contributed by atoms with Gasteiger partial charge in [0.05, 0.1) is 12.3 Å². The van der Waals surface area contributed by atoms with E-state index in [2.05, 4.69) is 10.6 Å². The molecule has 2 aromatic heterocycles. The lowest BCUT2D eigenvalue weighted by Gasteiger charge is -2.14. The normalized spacial score (nSPS) is 13.0. The molecular weight excluding hydrogens is 462 g/mol. The molecule has 1 aliphatic rings. The van der Waals surface area contributed by atoms with E-state index in [1.165, 1.54) is 11.8 Å². The van der Waals surface area contributed by atoms with Crippen LogP contribution in [0.1, 0.15) is 53.2 Å². The molecule has 2 heterocycles. The van der Waals surface area contributed by atoms with Gasteiger partial charge in [0.25, 0.3) is 0 Å². The molecule has 0 atom stereocenters. The van der Waals surface area contributed by atoms with E-state index in [9.17, 15) is 14.4 Å². The van der Waals surface area contributed by atoms with Gasteiger partial charge in [-0.05, 0) is 62.8 Å². The summed E-state index contributed by atoms with van der Waals surface area (Å²) in [5, 5.41) is 7.15. The summed E-state index contributed by atoms with van der Waals surface area (Å²) in [6.07, 6.45) is 3.98. The van der Waals surface area contributed by atoms with Crippen molar-refractivity contribution in [3.8, 4) is 0 Å². The van der Waals surface area contributed by atoms with Gasteiger partial charge in [0.2, 0.25) is 11.8 Å². The highest BCUT2D eigenvalue weighted by Crippen LogP contribution is 2.44. The Morgan fingerprint density at radius 2 is 1.94 bits per heavy atom. The van der Waals surface area contributed by atoms with Crippen LogP contribution in [0, 0.1) is 6.92 Å². The van der Waals surface area contributed by atoms with Crippen molar-refractivity contribution in [1.29, 1.82) is 0 Å². The second-order valence-corrected chi connectivity index (χ2v) is 9.55. The Kier molecular flexibility index (Phi) is 6.76. The lowest BCUT2D eigenvalue weighted by Crippen LogP contribution is -2.23. The zero-order chi connectivity index (χ0) is 23.7. The van der Waals surface area contributed by atoms with Crippen molar-refractivity contribution in [2.24, 2.45) is 0 Å². The van der Waals surface area contributed by atoms with Crippen molar-refractivity contribution in [2.45, 2.75) is 53.0 Å². The van der Waals surface area contributed by atoms with Gasteiger partial charge in [-0.2, -0.15) is 0 Å². The van der Waals surface area contributed by atoms with Crippen LogP contribution in [0.25, 0.3) is 10.2 Å². The number of carbonyl (C=O) groups is 3. The highest BCUT2D eigenvalue weighted by atomic mass is 35.5. The first-order valence-electron chi connectivity index (χ1n) is 11.0. The number of benzene rings is 1. The Balaban J connectivity index is 1.83. The van der Waals surface area contributed by atoms with Crippen molar-refractivity contribution in [3.63, 3.8) is 0 Å². The summed E-state index contributed by atoms with van der Waals surface area (Å²) in [5.41, 5.74) is 3.16. The average Bonchev–Trinajstić information content (AvgIpc) is 3.27. The summed E-state index contributed by atoms with van der Waals surface area (Å²) in [5.74, 6) is -1.15. The standard InChI is InChI=1S/C24H26ClN3O4S/c1-4-32-24(31)22-21(26-14(3)29)20-15-8-5-6-11-18(15)33-23(20)28(22)12-19(30)27-17-10-7-9-16(25)13(17)2/h7,9-10H,4-6,8,11-12H2,1-3H3,(H,26,29)(H,27,30). The maximum atomic E-state index is 13.1. The highest BCUT2D eigenvalue weighted by molar-refractivity contribution is 7.19. The predicted molar refractivity (Wildman–Crippen MR) is 132 cm³/mol. The van der Waals surface area contributed by atoms with E-state index >= 15 is 0 Å². The minimum Gasteiger partial charge on any atom is -0.461 e. The first-order chi connectivity index (χ1) is 15.8. The zero-order valence-electron chi connectivity index (χ0n) is 18.8. The number of rotatable bonds is 6. The summed E-state index contributed by atoms with van der Waals surface area (Å²) in [6.45, 7) is 5.05. The third-order valence-electron chi connectivity index (χ3n) is 5.77. The number of hydrogen-bond donors (Lipinski definition) is 2. The molecule has 7 nitrogen and oxygen atoms in total. The number of esters is 1. The molecule has 9 heteroatoms. The molecular formula is C24H26ClN3O4S. The number of thiophene rings is 1. The summed E-state index contributed by atoms with van der Waals surface area (Å²) in [6, 6.07) is 5.31. The van der Waals surface area contributed by atoms with Crippen LogP contribution < -0.4 is 10.6 Å². The first kappa shape index (κ1) is 23.3. The molecule has 0 radical (unpaired) electrons. The number of aryl methyl sites for hydroxylation is 2. The van der Waals surface area contributed by atoms with Crippen LogP contribution in [0.2, 0.25) is 5.02 Å². The van der Waals surface area contributed by atoms with E-state index in [0.29, 0.717) is 16.4 Å². The van der Waals surface area contributed by atoms with Crippen LogP contribution in [0.15, 0.2) is 18.2 Å². The fourth-order valence-electron chi connectivity index (χ4n) is 4.29. The molecule has 4 rings (SSSR count). The van der Waals surface area contributed by atoms with Crippen molar-refractivity contribution < 1.29 is 19.1 Å². The quantitative estimate of drug-likeness (QED) is 0.460.